The standard InChI is InChI=1S/C18H25N3O3/c19-14-11-17(16(5-8-22)18(20)12-14)13-1-3-15(4-2-13)21(6-9-23)7-10-24/h1-4,11-12,22-24H,5-10,19-20H2. The van der Waals surface area contributed by atoms with Crippen molar-refractivity contribution in [1.82, 2.24) is 0 Å². The van der Waals surface area contributed by atoms with E-state index < -0.39 is 0 Å². The summed E-state index contributed by atoms with van der Waals surface area (Å²) >= 11 is 0. The van der Waals surface area contributed by atoms with E-state index in [-0.39, 0.29) is 19.8 Å². The third-order valence-electron chi connectivity index (χ3n) is 3.95. The van der Waals surface area contributed by atoms with Crippen molar-refractivity contribution in [2.45, 2.75) is 6.42 Å². The zero-order chi connectivity index (χ0) is 17.5. The molecule has 0 radical (unpaired) electrons. The minimum absolute atomic E-state index is 0.0139. The van der Waals surface area contributed by atoms with Gasteiger partial charge in [-0.15, -0.1) is 0 Å². The number of anilines is 3. The van der Waals surface area contributed by atoms with Crippen LogP contribution in [0.3, 0.4) is 0 Å². The SMILES string of the molecule is Nc1cc(N)c(CCO)c(-c2ccc(N(CCO)CCO)cc2)c1. The average molecular weight is 331 g/mol. The third kappa shape index (κ3) is 4.17. The van der Waals surface area contributed by atoms with Crippen molar-refractivity contribution in [1.29, 1.82) is 0 Å². The van der Waals surface area contributed by atoms with Crippen LogP contribution >= 0.6 is 0 Å². The summed E-state index contributed by atoms with van der Waals surface area (Å²) in [6, 6.07) is 11.3. The molecule has 0 fully saturated rings. The molecule has 0 bridgehead atoms. The molecule has 130 valence electrons. The quantitative estimate of drug-likeness (QED) is 0.458. The Kier molecular flexibility index (Phi) is 6.43. The summed E-state index contributed by atoms with van der Waals surface area (Å²) in [6.45, 7) is 0.976. The first-order chi connectivity index (χ1) is 11.6. The number of aliphatic hydroxyl groups excluding tert-OH is 3. The molecule has 2 aromatic rings. The van der Waals surface area contributed by atoms with Crippen LogP contribution in [0.25, 0.3) is 11.1 Å². The predicted octanol–water partition coefficient (Wildman–Crippen LogP) is 0.844. The molecule has 0 aliphatic rings. The van der Waals surface area contributed by atoms with Gasteiger partial charge in [0.15, 0.2) is 0 Å². The van der Waals surface area contributed by atoms with E-state index in [4.69, 9.17) is 21.7 Å². The number of hydrogen-bond donors (Lipinski definition) is 5. The number of aliphatic hydroxyl groups is 3. The molecule has 6 nitrogen and oxygen atoms in total. The lowest BCUT2D eigenvalue weighted by Gasteiger charge is -2.23. The first kappa shape index (κ1) is 18.1. The molecule has 2 aromatic carbocycles. The smallest absolute Gasteiger partial charge is 0.0606 e. The lowest BCUT2D eigenvalue weighted by molar-refractivity contribution is 0.281. The first-order valence-electron chi connectivity index (χ1n) is 7.96. The molecule has 0 atom stereocenters. The Morgan fingerprint density at radius 3 is 2.00 bits per heavy atom. The highest BCUT2D eigenvalue weighted by molar-refractivity contribution is 5.78. The highest BCUT2D eigenvalue weighted by Crippen LogP contribution is 2.32. The third-order valence-corrected chi connectivity index (χ3v) is 3.95. The minimum atomic E-state index is 0.0139. The van der Waals surface area contributed by atoms with E-state index in [0.717, 1.165) is 22.4 Å². The van der Waals surface area contributed by atoms with Crippen molar-refractivity contribution >= 4 is 17.1 Å². The number of nitrogen functional groups attached to an aromatic ring is 2. The molecule has 0 aliphatic heterocycles. The molecule has 0 saturated heterocycles. The molecule has 0 aliphatic carbocycles. The molecular weight excluding hydrogens is 306 g/mol. The number of rotatable bonds is 8. The lowest BCUT2D eigenvalue weighted by atomic mass is 9.95. The van der Waals surface area contributed by atoms with Gasteiger partial charge in [0.1, 0.15) is 0 Å². The molecule has 0 unspecified atom stereocenters. The van der Waals surface area contributed by atoms with Crippen LogP contribution < -0.4 is 16.4 Å². The first-order valence-corrected chi connectivity index (χ1v) is 7.96. The maximum atomic E-state index is 9.28. The Bertz CT molecular complexity index is 653. The van der Waals surface area contributed by atoms with E-state index in [2.05, 4.69) is 0 Å². The monoisotopic (exact) mass is 331 g/mol. The van der Waals surface area contributed by atoms with Gasteiger partial charge >= 0.3 is 0 Å². The molecule has 0 amide bonds. The van der Waals surface area contributed by atoms with Gasteiger partial charge in [0.2, 0.25) is 0 Å². The number of hydrogen-bond acceptors (Lipinski definition) is 6. The summed E-state index contributed by atoms with van der Waals surface area (Å²) < 4.78 is 0. The average Bonchev–Trinajstić information content (AvgIpc) is 2.57. The van der Waals surface area contributed by atoms with Crippen molar-refractivity contribution in [3.63, 3.8) is 0 Å². The second-order valence-corrected chi connectivity index (χ2v) is 5.59. The van der Waals surface area contributed by atoms with Crippen LogP contribution in [0.5, 0.6) is 0 Å². The Hall–Kier alpha value is -2.28. The van der Waals surface area contributed by atoms with Crippen molar-refractivity contribution in [3.05, 3.63) is 42.0 Å². The normalized spacial score (nSPS) is 10.8. The fourth-order valence-electron chi connectivity index (χ4n) is 2.83. The van der Waals surface area contributed by atoms with Crippen LogP contribution in [-0.4, -0.2) is 48.2 Å². The summed E-state index contributed by atoms with van der Waals surface area (Å²) in [5.74, 6) is 0. The van der Waals surface area contributed by atoms with Crippen LogP contribution in [0, 0.1) is 0 Å². The summed E-state index contributed by atoms with van der Waals surface area (Å²) in [6.07, 6.45) is 0.463. The van der Waals surface area contributed by atoms with Gasteiger partial charge in [0.05, 0.1) is 13.2 Å². The molecule has 0 heterocycles. The van der Waals surface area contributed by atoms with E-state index in [0.29, 0.717) is 30.9 Å². The van der Waals surface area contributed by atoms with Gasteiger partial charge in [-0.05, 0) is 47.4 Å². The highest BCUT2D eigenvalue weighted by atomic mass is 16.3. The number of benzene rings is 2. The van der Waals surface area contributed by atoms with E-state index >= 15 is 0 Å². The van der Waals surface area contributed by atoms with Crippen LogP contribution in [0.1, 0.15) is 5.56 Å². The lowest BCUT2D eigenvalue weighted by Crippen LogP contribution is -2.29. The van der Waals surface area contributed by atoms with Crippen molar-refractivity contribution in [3.8, 4) is 11.1 Å². The second kappa shape index (κ2) is 8.54. The molecule has 0 saturated carbocycles. The molecule has 2 rings (SSSR count). The summed E-state index contributed by atoms with van der Waals surface area (Å²) in [5.41, 5.74) is 16.8. The van der Waals surface area contributed by atoms with Crippen LogP contribution in [0.2, 0.25) is 0 Å². The topological polar surface area (TPSA) is 116 Å². The second-order valence-electron chi connectivity index (χ2n) is 5.59. The van der Waals surface area contributed by atoms with Crippen LogP contribution in [-0.2, 0) is 6.42 Å². The fourth-order valence-corrected chi connectivity index (χ4v) is 2.83. The Balaban J connectivity index is 2.37. The van der Waals surface area contributed by atoms with Gasteiger partial charge in [-0.25, -0.2) is 0 Å². The predicted molar refractivity (Wildman–Crippen MR) is 97.9 cm³/mol. The number of nitrogens with two attached hydrogens (primary N) is 2. The van der Waals surface area contributed by atoms with Crippen LogP contribution in [0.4, 0.5) is 17.1 Å². The largest absolute Gasteiger partial charge is 0.399 e. The molecule has 6 heteroatoms. The summed E-state index contributed by atoms with van der Waals surface area (Å²) in [5, 5.41) is 27.6. The Morgan fingerprint density at radius 1 is 0.833 bits per heavy atom. The summed E-state index contributed by atoms with van der Waals surface area (Å²) in [7, 11) is 0. The van der Waals surface area contributed by atoms with Crippen molar-refractivity contribution < 1.29 is 15.3 Å². The maximum Gasteiger partial charge on any atom is 0.0606 e. The Labute approximate surface area is 142 Å². The Morgan fingerprint density at radius 2 is 1.46 bits per heavy atom. The van der Waals surface area contributed by atoms with Gasteiger partial charge in [0.25, 0.3) is 0 Å². The van der Waals surface area contributed by atoms with Gasteiger partial charge in [0, 0.05) is 36.8 Å². The molecular formula is C18H25N3O3. The molecule has 0 spiro atoms. The number of nitrogens with zero attached hydrogens (tertiary/aromatic N) is 1. The fraction of sp³-hybridized carbons (Fsp3) is 0.333. The molecule has 7 N–H and O–H groups in total. The zero-order valence-electron chi connectivity index (χ0n) is 13.7. The summed E-state index contributed by atoms with van der Waals surface area (Å²) in [4.78, 5) is 1.91. The zero-order valence-corrected chi connectivity index (χ0v) is 13.7. The van der Waals surface area contributed by atoms with Crippen LogP contribution in [0.15, 0.2) is 36.4 Å². The highest BCUT2D eigenvalue weighted by Gasteiger charge is 2.11. The molecule has 24 heavy (non-hydrogen) atoms. The van der Waals surface area contributed by atoms with Gasteiger partial charge < -0.3 is 31.7 Å². The van der Waals surface area contributed by atoms with Gasteiger partial charge in [-0.1, -0.05) is 12.1 Å². The van der Waals surface area contributed by atoms with Crippen molar-refractivity contribution in [2.75, 3.05) is 49.3 Å². The van der Waals surface area contributed by atoms with E-state index in [1.807, 2.05) is 35.2 Å². The van der Waals surface area contributed by atoms with E-state index in [1.54, 1.807) is 6.07 Å². The maximum absolute atomic E-state index is 9.28. The van der Waals surface area contributed by atoms with Gasteiger partial charge in [-0.2, -0.15) is 0 Å². The van der Waals surface area contributed by atoms with Gasteiger partial charge in [-0.3, -0.25) is 0 Å². The van der Waals surface area contributed by atoms with Crippen molar-refractivity contribution in [2.24, 2.45) is 0 Å². The minimum Gasteiger partial charge on any atom is -0.399 e. The van der Waals surface area contributed by atoms with E-state index in [1.165, 1.54) is 0 Å². The van der Waals surface area contributed by atoms with E-state index in [9.17, 15) is 5.11 Å². The molecule has 0 aromatic heterocycles.